The summed E-state index contributed by atoms with van der Waals surface area (Å²) in [5.41, 5.74) is 17.9. The number of benzene rings is 9. The summed E-state index contributed by atoms with van der Waals surface area (Å²) >= 11 is 1.89. The lowest BCUT2D eigenvalue weighted by molar-refractivity contribution is 0.909. The average molecular weight is 766 g/mol. The molecule has 0 N–H and O–H groups in total. The van der Waals surface area contributed by atoms with E-state index in [4.69, 9.17) is 4.98 Å². The van der Waals surface area contributed by atoms with Gasteiger partial charge in [0.25, 0.3) is 0 Å². The number of thiophene rings is 1. The van der Waals surface area contributed by atoms with Gasteiger partial charge in [0, 0.05) is 32.3 Å². The van der Waals surface area contributed by atoms with E-state index in [1.165, 1.54) is 113 Å². The van der Waals surface area contributed by atoms with Crippen molar-refractivity contribution in [3.8, 4) is 39.1 Å². The van der Waals surface area contributed by atoms with Gasteiger partial charge in [0.2, 0.25) is 0 Å². The van der Waals surface area contributed by atoms with E-state index in [-0.39, 0.29) is 0 Å². The molecule has 0 aliphatic carbocycles. The Morgan fingerprint density at radius 1 is 0.492 bits per heavy atom. The van der Waals surface area contributed by atoms with E-state index in [2.05, 4.69) is 196 Å². The van der Waals surface area contributed by atoms with Gasteiger partial charge < -0.3 is 0 Å². The van der Waals surface area contributed by atoms with Crippen molar-refractivity contribution in [2.24, 2.45) is 0 Å². The third-order valence-electron chi connectivity index (χ3n) is 13.3. The Labute approximate surface area is 353 Å². The summed E-state index contributed by atoms with van der Waals surface area (Å²) in [7, 11) is 11.4. The van der Waals surface area contributed by atoms with Gasteiger partial charge in [-0.05, 0) is 114 Å². The zero-order valence-corrected chi connectivity index (χ0v) is 35.2. The van der Waals surface area contributed by atoms with Gasteiger partial charge in [-0.25, -0.2) is 4.98 Å². The molecule has 0 atom stereocenters. The Bertz CT molecular complexity index is 3540. The first-order valence-electron chi connectivity index (χ1n) is 20.8. The maximum absolute atomic E-state index is 4.97. The highest BCUT2D eigenvalue weighted by atomic mass is 32.1. The van der Waals surface area contributed by atoms with Gasteiger partial charge in [-0.1, -0.05) is 115 Å². The highest BCUT2D eigenvalue weighted by Gasteiger charge is 2.22. The molecular weight excluding hydrogens is 727 g/mol. The number of hydrogen-bond donors (Lipinski definition) is 0. The molecule has 8 heteroatoms. The molecule has 0 bridgehead atoms. The Morgan fingerprint density at radius 2 is 1.10 bits per heavy atom. The van der Waals surface area contributed by atoms with Crippen LogP contribution in [0.25, 0.3) is 103 Å². The molecule has 0 aliphatic rings. The van der Waals surface area contributed by atoms with Crippen LogP contribution in [0.2, 0.25) is 0 Å². The van der Waals surface area contributed by atoms with Crippen LogP contribution in [0.3, 0.4) is 0 Å². The highest BCUT2D eigenvalue weighted by Crippen LogP contribution is 2.48. The lowest BCUT2D eigenvalue weighted by Crippen LogP contribution is -2.55. The first-order valence-corrected chi connectivity index (χ1v) is 21.6. The molecule has 0 amide bonds. The number of hydrogen-bond acceptors (Lipinski definition) is 2. The van der Waals surface area contributed by atoms with E-state index in [0.717, 1.165) is 29.0 Å². The molecular formula is C51H39B5N2S. The fraction of sp³-hybridized carbons (Fsp3) is 0.0392. The topological polar surface area (TPSA) is 17.8 Å². The first-order chi connectivity index (χ1) is 28.8. The molecule has 2 aromatic heterocycles. The summed E-state index contributed by atoms with van der Waals surface area (Å²) in [5.74, 6) is 1.08. The molecule has 9 aromatic carbocycles. The SMILES string of the molecule is Bc1c(B)c(B)c(-c2ccc3c(-c4ccc5cc(-n6c(CC)nc7ccccc76)ccc5c4)c4ccccc4c(-c4cccc5sc6ccccc6c45)c3c2)c(B)c1B. The number of fused-ring (bicyclic) bond motifs is 7. The Balaban J connectivity index is 1.20. The minimum atomic E-state index is 0.864. The van der Waals surface area contributed by atoms with Crippen LogP contribution in [-0.4, -0.2) is 48.8 Å². The van der Waals surface area contributed by atoms with Crippen molar-refractivity contribution in [1.82, 2.24) is 9.55 Å². The van der Waals surface area contributed by atoms with Crippen molar-refractivity contribution >= 4 is 141 Å². The first kappa shape index (κ1) is 35.9. The minimum Gasteiger partial charge on any atom is -0.296 e. The molecule has 0 radical (unpaired) electrons. The van der Waals surface area contributed by atoms with Crippen molar-refractivity contribution < 1.29 is 0 Å². The lowest BCUT2D eigenvalue weighted by Gasteiger charge is -2.23. The summed E-state index contributed by atoms with van der Waals surface area (Å²) in [6.45, 7) is 2.18. The summed E-state index contributed by atoms with van der Waals surface area (Å²) in [5, 5.41) is 10.2. The van der Waals surface area contributed by atoms with Crippen molar-refractivity contribution in [2.45, 2.75) is 13.3 Å². The van der Waals surface area contributed by atoms with E-state index in [1.54, 1.807) is 0 Å². The number of nitrogens with zero attached hydrogens (tertiary/aromatic N) is 2. The van der Waals surface area contributed by atoms with Crippen LogP contribution < -0.4 is 27.3 Å². The predicted molar refractivity (Wildman–Crippen MR) is 273 cm³/mol. The van der Waals surface area contributed by atoms with Gasteiger partial charge in [0.15, 0.2) is 0 Å². The smallest absolute Gasteiger partial charge is 0.139 e. The molecule has 59 heavy (non-hydrogen) atoms. The molecule has 11 aromatic rings. The second-order valence-electron chi connectivity index (χ2n) is 16.3. The fourth-order valence-electron chi connectivity index (χ4n) is 9.98. The van der Waals surface area contributed by atoms with Crippen LogP contribution >= 0.6 is 11.3 Å². The van der Waals surface area contributed by atoms with Crippen molar-refractivity contribution in [2.75, 3.05) is 0 Å². The van der Waals surface area contributed by atoms with E-state index >= 15 is 0 Å². The second-order valence-corrected chi connectivity index (χ2v) is 17.4. The van der Waals surface area contributed by atoms with Crippen LogP contribution in [0.1, 0.15) is 12.7 Å². The number of aromatic nitrogens is 2. The maximum Gasteiger partial charge on any atom is 0.139 e. The molecule has 2 heterocycles. The number of rotatable bonds is 5. The van der Waals surface area contributed by atoms with Crippen LogP contribution in [0.5, 0.6) is 0 Å². The van der Waals surface area contributed by atoms with Crippen LogP contribution in [0.4, 0.5) is 0 Å². The van der Waals surface area contributed by atoms with Crippen molar-refractivity contribution in [3.63, 3.8) is 0 Å². The third kappa shape index (κ3) is 5.42. The normalized spacial score (nSPS) is 11.9. The van der Waals surface area contributed by atoms with Crippen LogP contribution in [-0.2, 0) is 6.42 Å². The van der Waals surface area contributed by atoms with Crippen molar-refractivity contribution in [1.29, 1.82) is 0 Å². The van der Waals surface area contributed by atoms with Gasteiger partial charge in [0.1, 0.15) is 45.1 Å². The van der Waals surface area contributed by atoms with Crippen LogP contribution in [0, 0.1) is 0 Å². The molecule has 0 fully saturated rings. The molecule has 0 saturated carbocycles. The predicted octanol–water partition coefficient (Wildman–Crippen LogP) is 5.71. The summed E-state index contributed by atoms with van der Waals surface area (Å²) in [6, 6.07) is 54.5. The monoisotopic (exact) mass is 766 g/mol. The van der Waals surface area contributed by atoms with Crippen molar-refractivity contribution in [3.05, 3.63) is 151 Å². The van der Waals surface area contributed by atoms with E-state index in [0.29, 0.717) is 0 Å². The van der Waals surface area contributed by atoms with Gasteiger partial charge in [-0.15, -0.1) is 27.7 Å². The Morgan fingerprint density at radius 3 is 1.90 bits per heavy atom. The van der Waals surface area contributed by atoms with Gasteiger partial charge >= 0.3 is 0 Å². The second kappa shape index (κ2) is 13.7. The summed E-state index contributed by atoms with van der Waals surface area (Å²) < 4.78 is 4.96. The number of aryl methyl sites for hydroxylation is 1. The molecule has 0 spiro atoms. The third-order valence-corrected chi connectivity index (χ3v) is 14.4. The number of imidazole rings is 1. The standard InChI is InChI=1S/C51H39B5N2S/c1-2-42-57-38-14-6-7-15-39(38)58(42)31-22-20-27-24-29(19-18-28(27)25-31)43-32-10-3-4-11-33(32)45(36-13-9-17-41-46(36)35-12-5-8-16-40(35)59-41)37-26-30(21-23-34(37)43)44-47(52)49(54)51(56)50(55)48(44)53/h3-26H,2,52-56H2,1H3. The maximum atomic E-state index is 4.97. The lowest BCUT2D eigenvalue weighted by atomic mass is 9.59. The van der Waals surface area contributed by atoms with E-state index in [1.807, 2.05) is 11.3 Å². The Hall–Kier alpha value is -6.23. The van der Waals surface area contributed by atoms with Gasteiger partial charge in [0.05, 0.1) is 11.0 Å². The zero-order valence-electron chi connectivity index (χ0n) is 34.4. The van der Waals surface area contributed by atoms with Gasteiger partial charge in [-0.3, -0.25) is 4.57 Å². The molecule has 11 rings (SSSR count). The number of para-hydroxylation sites is 2. The largest absolute Gasteiger partial charge is 0.296 e. The molecule has 0 unspecified atom stereocenters. The fourth-order valence-corrected chi connectivity index (χ4v) is 11.1. The van der Waals surface area contributed by atoms with Gasteiger partial charge in [-0.2, -0.15) is 0 Å². The molecule has 2 nitrogen and oxygen atoms in total. The quantitative estimate of drug-likeness (QED) is 0.162. The molecule has 0 aliphatic heterocycles. The van der Waals surface area contributed by atoms with E-state index < -0.39 is 0 Å². The van der Waals surface area contributed by atoms with E-state index in [9.17, 15) is 0 Å². The van der Waals surface area contributed by atoms with Crippen LogP contribution in [0.15, 0.2) is 146 Å². The average Bonchev–Trinajstić information content (AvgIpc) is 3.85. The Kier molecular flexibility index (Phi) is 8.32. The zero-order chi connectivity index (χ0) is 40.1. The summed E-state index contributed by atoms with van der Waals surface area (Å²) in [4.78, 5) is 4.97. The minimum absolute atomic E-state index is 0.864. The molecule has 274 valence electrons. The highest BCUT2D eigenvalue weighted by molar-refractivity contribution is 7.26. The molecule has 0 saturated heterocycles. The summed E-state index contributed by atoms with van der Waals surface area (Å²) in [6.07, 6.45) is 0.864.